The number of rotatable bonds is 8. The molecule has 5 heteroatoms. The van der Waals surface area contributed by atoms with E-state index in [9.17, 15) is 9.59 Å². The van der Waals surface area contributed by atoms with Crippen molar-refractivity contribution < 1.29 is 13.9 Å². The van der Waals surface area contributed by atoms with Crippen LogP contribution in [0, 0.1) is 0 Å². The maximum atomic E-state index is 13.2. The Hall–Kier alpha value is -2.82. The molecule has 0 aliphatic heterocycles. The minimum atomic E-state index is -0.274. The standard InChI is InChI=1S/C25H31NO4/c1-5-17-14-19(6-2)24-21(15-17)23(27)20-16-18(11-12-22(20)30-24)10-9-13-29-25(28)26(7-3)8-4/h11-12,14-16H,5-10,13H2,1-4H3. The first kappa shape index (κ1) is 21.9. The average Bonchev–Trinajstić information content (AvgIpc) is 2.77. The zero-order valence-corrected chi connectivity index (χ0v) is 18.4. The lowest BCUT2D eigenvalue weighted by Gasteiger charge is -2.17. The summed E-state index contributed by atoms with van der Waals surface area (Å²) in [5, 5.41) is 1.26. The van der Waals surface area contributed by atoms with Gasteiger partial charge in [-0.3, -0.25) is 4.79 Å². The molecule has 0 saturated carbocycles. The smallest absolute Gasteiger partial charge is 0.409 e. The van der Waals surface area contributed by atoms with Gasteiger partial charge in [0.15, 0.2) is 0 Å². The highest BCUT2D eigenvalue weighted by molar-refractivity contribution is 5.91. The predicted octanol–water partition coefficient (Wildman–Crippen LogP) is 5.48. The van der Waals surface area contributed by atoms with E-state index in [0.717, 1.165) is 36.0 Å². The van der Waals surface area contributed by atoms with Crippen molar-refractivity contribution in [3.63, 3.8) is 0 Å². The van der Waals surface area contributed by atoms with Gasteiger partial charge in [0, 0.05) is 13.1 Å². The molecule has 3 rings (SSSR count). The van der Waals surface area contributed by atoms with Crippen molar-refractivity contribution in [2.24, 2.45) is 0 Å². The predicted molar refractivity (Wildman–Crippen MR) is 121 cm³/mol. The first-order chi connectivity index (χ1) is 14.5. The Bertz CT molecular complexity index is 1100. The number of aryl methyl sites for hydroxylation is 3. The highest BCUT2D eigenvalue weighted by Gasteiger charge is 2.13. The van der Waals surface area contributed by atoms with Crippen LogP contribution in [0.1, 0.15) is 50.8 Å². The van der Waals surface area contributed by atoms with Crippen LogP contribution in [0.15, 0.2) is 39.5 Å². The molecule has 0 atom stereocenters. The zero-order chi connectivity index (χ0) is 21.7. The van der Waals surface area contributed by atoms with Crippen molar-refractivity contribution in [2.75, 3.05) is 19.7 Å². The fourth-order valence-corrected chi connectivity index (χ4v) is 3.77. The van der Waals surface area contributed by atoms with Crippen molar-refractivity contribution in [3.05, 3.63) is 57.2 Å². The summed E-state index contributed by atoms with van der Waals surface area (Å²) in [7, 11) is 0. The monoisotopic (exact) mass is 409 g/mol. The third-order valence-electron chi connectivity index (χ3n) is 5.62. The van der Waals surface area contributed by atoms with Gasteiger partial charge in [0.25, 0.3) is 0 Å². The first-order valence-corrected chi connectivity index (χ1v) is 10.9. The molecule has 0 aliphatic rings. The molecule has 5 nitrogen and oxygen atoms in total. The maximum absolute atomic E-state index is 13.2. The van der Waals surface area contributed by atoms with E-state index in [1.165, 1.54) is 0 Å². The maximum Gasteiger partial charge on any atom is 0.409 e. The molecular weight excluding hydrogens is 378 g/mol. The normalized spacial score (nSPS) is 11.2. The SMILES string of the molecule is CCc1cc(CC)c2oc3ccc(CCCOC(=O)N(CC)CC)cc3c(=O)c2c1. The van der Waals surface area contributed by atoms with Crippen molar-refractivity contribution in [2.45, 2.75) is 53.4 Å². The van der Waals surface area contributed by atoms with Crippen LogP contribution in [-0.2, 0) is 24.0 Å². The first-order valence-electron chi connectivity index (χ1n) is 10.9. The van der Waals surface area contributed by atoms with Gasteiger partial charge in [-0.25, -0.2) is 4.79 Å². The molecular formula is C25H31NO4. The van der Waals surface area contributed by atoms with Gasteiger partial charge in [-0.05, 0) is 74.4 Å². The Balaban J connectivity index is 1.82. The summed E-state index contributed by atoms with van der Waals surface area (Å²) in [6.07, 6.45) is 2.87. The van der Waals surface area contributed by atoms with Gasteiger partial charge in [0.05, 0.1) is 17.4 Å². The van der Waals surface area contributed by atoms with Crippen LogP contribution in [0.3, 0.4) is 0 Å². The molecule has 0 saturated heterocycles. The molecule has 0 spiro atoms. The Labute approximate surface area is 177 Å². The molecule has 30 heavy (non-hydrogen) atoms. The minimum absolute atomic E-state index is 0.0195. The van der Waals surface area contributed by atoms with E-state index in [-0.39, 0.29) is 11.5 Å². The zero-order valence-electron chi connectivity index (χ0n) is 18.4. The average molecular weight is 410 g/mol. The van der Waals surface area contributed by atoms with E-state index in [1.807, 2.05) is 38.1 Å². The van der Waals surface area contributed by atoms with Crippen LogP contribution in [0.4, 0.5) is 4.79 Å². The third kappa shape index (κ3) is 4.50. The summed E-state index contributed by atoms with van der Waals surface area (Å²) in [5.74, 6) is 0. The van der Waals surface area contributed by atoms with E-state index in [1.54, 1.807) is 4.90 Å². The fourth-order valence-electron chi connectivity index (χ4n) is 3.77. The largest absolute Gasteiger partial charge is 0.456 e. The number of hydrogen-bond acceptors (Lipinski definition) is 4. The Morgan fingerprint density at radius 3 is 2.37 bits per heavy atom. The number of fused-ring (bicyclic) bond motifs is 2. The number of ether oxygens (including phenoxy) is 1. The van der Waals surface area contributed by atoms with Crippen molar-refractivity contribution >= 4 is 28.0 Å². The van der Waals surface area contributed by atoms with Crippen molar-refractivity contribution in [1.82, 2.24) is 4.90 Å². The molecule has 0 radical (unpaired) electrons. The number of benzene rings is 2. The van der Waals surface area contributed by atoms with Gasteiger partial charge in [0.1, 0.15) is 11.2 Å². The van der Waals surface area contributed by atoms with Crippen LogP contribution < -0.4 is 5.43 Å². The Morgan fingerprint density at radius 1 is 0.967 bits per heavy atom. The van der Waals surface area contributed by atoms with Crippen LogP contribution in [0.2, 0.25) is 0 Å². The second-order valence-corrected chi connectivity index (χ2v) is 7.49. The molecule has 1 heterocycles. The quantitative estimate of drug-likeness (QED) is 0.365. The lowest BCUT2D eigenvalue weighted by molar-refractivity contribution is 0.105. The molecule has 0 N–H and O–H groups in total. The number of carbonyl (C=O) groups excluding carboxylic acids is 1. The van der Waals surface area contributed by atoms with Gasteiger partial charge in [-0.2, -0.15) is 0 Å². The minimum Gasteiger partial charge on any atom is -0.456 e. The van der Waals surface area contributed by atoms with Crippen molar-refractivity contribution in [1.29, 1.82) is 0 Å². The third-order valence-corrected chi connectivity index (χ3v) is 5.62. The topological polar surface area (TPSA) is 59.8 Å². The van der Waals surface area contributed by atoms with Gasteiger partial charge < -0.3 is 14.1 Å². The lowest BCUT2D eigenvalue weighted by atomic mass is 10.0. The van der Waals surface area contributed by atoms with E-state index in [4.69, 9.17) is 9.15 Å². The second-order valence-electron chi connectivity index (χ2n) is 7.49. The molecule has 0 bridgehead atoms. The molecule has 1 amide bonds. The summed E-state index contributed by atoms with van der Waals surface area (Å²) >= 11 is 0. The van der Waals surface area contributed by atoms with Gasteiger partial charge in [0.2, 0.25) is 5.43 Å². The number of carbonyl (C=O) groups is 1. The van der Waals surface area contributed by atoms with Gasteiger partial charge >= 0.3 is 6.09 Å². The van der Waals surface area contributed by atoms with E-state index in [2.05, 4.69) is 19.9 Å². The molecule has 2 aromatic carbocycles. The van der Waals surface area contributed by atoms with E-state index < -0.39 is 0 Å². The number of hydrogen-bond donors (Lipinski definition) is 0. The fraction of sp³-hybridized carbons (Fsp3) is 0.440. The highest BCUT2D eigenvalue weighted by Crippen LogP contribution is 2.25. The van der Waals surface area contributed by atoms with Crippen LogP contribution in [-0.4, -0.2) is 30.7 Å². The summed E-state index contributed by atoms with van der Waals surface area (Å²) in [4.78, 5) is 26.8. The molecule has 0 unspecified atom stereocenters. The van der Waals surface area contributed by atoms with E-state index in [0.29, 0.717) is 48.1 Å². The highest BCUT2D eigenvalue weighted by atomic mass is 16.6. The summed E-state index contributed by atoms with van der Waals surface area (Å²) in [6.45, 7) is 9.68. The molecule has 0 aliphatic carbocycles. The molecule has 1 aromatic heterocycles. The Kier molecular flexibility index (Phi) is 7.14. The summed E-state index contributed by atoms with van der Waals surface area (Å²) < 4.78 is 11.5. The van der Waals surface area contributed by atoms with Crippen molar-refractivity contribution in [3.8, 4) is 0 Å². The van der Waals surface area contributed by atoms with Gasteiger partial charge in [-0.15, -0.1) is 0 Å². The van der Waals surface area contributed by atoms with Gasteiger partial charge in [-0.1, -0.05) is 26.0 Å². The van der Waals surface area contributed by atoms with Crippen LogP contribution >= 0.6 is 0 Å². The van der Waals surface area contributed by atoms with E-state index >= 15 is 0 Å². The molecule has 3 aromatic rings. The summed E-state index contributed by atoms with van der Waals surface area (Å²) in [6, 6.07) is 9.86. The molecule has 160 valence electrons. The number of nitrogens with zero attached hydrogens (tertiary/aromatic N) is 1. The summed E-state index contributed by atoms with van der Waals surface area (Å²) in [5.41, 5.74) is 4.59. The van der Waals surface area contributed by atoms with Crippen LogP contribution in [0.25, 0.3) is 21.9 Å². The second kappa shape index (κ2) is 9.79. The number of amides is 1. The Morgan fingerprint density at radius 2 is 1.70 bits per heavy atom. The molecule has 0 fully saturated rings. The lowest BCUT2D eigenvalue weighted by Crippen LogP contribution is -2.31. The van der Waals surface area contributed by atoms with Crippen LogP contribution in [0.5, 0.6) is 0 Å².